The van der Waals surface area contributed by atoms with Crippen LogP contribution in [-0.4, -0.2) is 0 Å². The van der Waals surface area contributed by atoms with Crippen molar-refractivity contribution in [2.24, 2.45) is 0 Å². The first-order valence-corrected chi connectivity index (χ1v) is 9.51. The predicted molar refractivity (Wildman–Crippen MR) is 101 cm³/mol. The van der Waals surface area contributed by atoms with Crippen LogP contribution < -0.4 is 5.63 Å². The van der Waals surface area contributed by atoms with Crippen molar-refractivity contribution in [3.8, 4) is 0 Å². The zero-order valence-electron chi connectivity index (χ0n) is 12.8. The van der Waals surface area contributed by atoms with Crippen molar-refractivity contribution in [3.05, 3.63) is 73.6 Å². The van der Waals surface area contributed by atoms with Crippen LogP contribution in [0.25, 0.3) is 11.0 Å². The molecular formula is C19H14Cl2O2S. The molecule has 1 aromatic heterocycles. The third-order valence-electron chi connectivity index (χ3n) is 4.33. The van der Waals surface area contributed by atoms with E-state index in [1.807, 2.05) is 24.3 Å². The highest BCUT2D eigenvalue weighted by Crippen LogP contribution is 2.37. The maximum Gasteiger partial charge on any atom is 0.336 e. The van der Waals surface area contributed by atoms with Crippen molar-refractivity contribution in [1.82, 2.24) is 0 Å². The minimum absolute atomic E-state index is 0.318. The van der Waals surface area contributed by atoms with Crippen LogP contribution in [0.15, 0.2) is 50.5 Å². The number of fused-ring (bicyclic) bond motifs is 2. The van der Waals surface area contributed by atoms with Gasteiger partial charge < -0.3 is 4.42 Å². The number of thioether (sulfide) groups is 1. The van der Waals surface area contributed by atoms with E-state index in [-0.39, 0.29) is 5.63 Å². The Morgan fingerprint density at radius 2 is 1.75 bits per heavy atom. The van der Waals surface area contributed by atoms with E-state index in [0.29, 0.717) is 21.4 Å². The third-order valence-corrected chi connectivity index (χ3v) is 6.37. The fourth-order valence-electron chi connectivity index (χ4n) is 3.18. The van der Waals surface area contributed by atoms with Crippen LogP contribution in [0.2, 0.25) is 10.0 Å². The van der Waals surface area contributed by atoms with Gasteiger partial charge in [0.1, 0.15) is 5.58 Å². The van der Waals surface area contributed by atoms with Gasteiger partial charge in [-0.3, -0.25) is 0 Å². The maximum absolute atomic E-state index is 11.9. The molecule has 0 unspecified atom stereocenters. The van der Waals surface area contributed by atoms with Gasteiger partial charge in [0, 0.05) is 22.1 Å². The van der Waals surface area contributed by atoms with Crippen molar-refractivity contribution in [2.75, 3.05) is 0 Å². The number of aryl methyl sites for hydroxylation is 2. The third kappa shape index (κ3) is 2.97. The second kappa shape index (κ2) is 6.47. The summed E-state index contributed by atoms with van der Waals surface area (Å²) in [5.41, 5.74) is 3.96. The van der Waals surface area contributed by atoms with E-state index in [2.05, 4.69) is 6.07 Å². The van der Waals surface area contributed by atoms with Crippen molar-refractivity contribution >= 4 is 45.9 Å². The fraction of sp³-hybridized carbons (Fsp3) is 0.211. The summed E-state index contributed by atoms with van der Waals surface area (Å²) >= 11 is 14.0. The maximum atomic E-state index is 11.9. The number of hydrogen-bond acceptors (Lipinski definition) is 3. The Kier molecular flexibility index (Phi) is 4.33. The van der Waals surface area contributed by atoms with Gasteiger partial charge in [-0.25, -0.2) is 4.79 Å². The van der Waals surface area contributed by atoms with Gasteiger partial charge in [-0.1, -0.05) is 29.3 Å². The molecule has 0 atom stereocenters. The predicted octanol–water partition coefficient (Wildman–Crippen LogP) is 5.88. The molecule has 3 aromatic rings. The molecule has 0 fully saturated rings. The molecule has 24 heavy (non-hydrogen) atoms. The first kappa shape index (κ1) is 16.1. The SMILES string of the molecule is O=c1cc(CSc2c(Cl)cccc2Cl)c2cc3c(cc2o1)CCC3. The molecule has 0 amide bonds. The van der Waals surface area contributed by atoms with Gasteiger partial charge in [-0.2, -0.15) is 0 Å². The zero-order chi connectivity index (χ0) is 16.7. The quantitative estimate of drug-likeness (QED) is 0.422. The topological polar surface area (TPSA) is 30.2 Å². The lowest BCUT2D eigenvalue weighted by molar-refractivity contribution is 0.559. The molecule has 4 rings (SSSR count). The van der Waals surface area contributed by atoms with E-state index in [1.54, 1.807) is 6.07 Å². The molecule has 1 heterocycles. The molecule has 0 aliphatic heterocycles. The number of benzene rings is 2. The van der Waals surface area contributed by atoms with Crippen LogP contribution in [0, 0.1) is 0 Å². The van der Waals surface area contributed by atoms with Gasteiger partial charge in [0.2, 0.25) is 0 Å². The highest BCUT2D eigenvalue weighted by molar-refractivity contribution is 7.98. The van der Waals surface area contributed by atoms with Crippen LogP contribution in [-0.2, 0) is 18.6 Å². The molecule has 122 valence electrons. The molecule has 0 saturated carbocycles. The fourth-order valence-corrected chi connectivity index (χ4v) is 4.86. The average Bonchev–Trinajstić information content (AvgIpc) is 2.99. The Morgan fingerprint density at radius 3 is 2.50 bits per heavy atom. The Balaban J connectivity index is 1.75. The van der Waals surface area contributed by atoms with Crippen molar-refractivity contribution in [2.45, 2.75) is 29.9 Å². The second-order valence-electron chi connectivity index (χ2n) is 5.90. The molecular weight excluding hydrogens is 363 g/mol. The molecule has 5 heteroatoms. The summed E-state index contributed by atoms with van der Waals surface area (Å²) in [5, 5.41) is 2.26. The van der Waals surface area contributed by atoms with Crippen LogP contribution in [0.1, 0.15) is 23.1 Å². The lowest BCUT2D eigenvalue weighted by atomic mass is 10.0. The Labute approximate surface area is 153 Å². The van der Waals surface area contributed by atoms with Crippen LogP contribution >= 0.6 is 35.0 Å². The Bertz CT molecular complexity index is 974. The lowest BCUT2D eigenvalue weighted by Crippen LogP contribution is -2.01. The smallest absolute Gasteiger partial charge is 0.336 e. The number of rotatable bonds is 3. The molecule has 0 saturated heterocycles. The lowest BCUT2D eigenvalue weighted by Gasteiger charge is -2.09. The highest BCUT2D eigenvalue weighted by atomic mass is 35.5. The van der Waals surface area contributed by atoms with Crippen molar-refractivity contribution < 1.29 is 4.42 Å². The van der Waals surface area contributed by atoms with Crippen LogP contribution in [0.5, 0.6) is 0 Å². The van der Waals surface area contributed by atoms with Crippen molar-refractivity contribution in [3.63, 3.8) is 0 Å². The number of hydrogen-bond donors (Lipinski definition) is 0. The molecule has 0 spiro atoms. The van der Waals surface area contributed by atoms with Gasteiger partial charge >= 0.3 is 5.63 Å². The molecule has 2 nitrogen and oxygen atoms in total. The van der Waals surface area contributed by atoms with E-state index in [0.717, 1.165) is 35.1 Å². The second-order valence-corrected chi connectivity index (χ2v) is 7.70. The highest BCUT2D eigenvalue weighted by Gasteiger charge is 2.16. The summed E-state index contributed by atoms with van der Waals surface area (Å²) < 4.78 is 5.41. The van der Waals surface area contributed by atoms with Gasteiger partial charge in [0.05, 0.1) is 10.0 Å². The summed E-state index contributed by atoms with van der Waals surface area (Å²) in [4.78, 5) is 12.8. The summed E-state index contributed by atoms with van der Waals surface area (Å²) in [7, 11) is 0. The minimum Gasteiger partial charge on any atom is -0.423 e. The van der Waals surface area contributed by atoms with Crippen LogP contribution in [0.4, 0.5) is 0 Å². The molecule has 1 aliphatic rings. The van der Waals surface area contributed by atoms with E-state index in [4.69, 9.17) is 27.6 Å². The van der Waals surface area contributed by atoms with Gasteiger partial charge in [-0.05, 0) is 60.2 Å². The van der Waals surface area contributed by atoms with Gasteiger partial charge in [0.15, 0.2) is 0 Å². The number of halogens is 2. The molecule has 2 aromatic carbocycles. The normalized spacial score (nSPS) is 13.4. The summed E-state index contributed by atoms with van der Waals surface area (Å²) in [6.45, 7) is 0. The van der Waals surface area contributed by atoms with Crippen LogP contribution in [0.3, 0.4) is 0 Å². The first-order valence-electron chi connectivity index (χ1n) is 7.77. The standard InChI is InChI=1S/C19H14Cl2O2S/c20-15-5-2-6-16(21)19(15)24-10-13-9-18(22)23-17-8-12-4-1-3-11(12)7-14(13)17/h2,5-9H,1,3-4,10H2. The average molecular weight is 377 g/mol. The summed E-state index contributed by atoms with van der Waals surface area (Å²) in [6, 6.07) is 11.2. The molecule has 0 N–H and O–H groups in total. The molecule has 1 aliphatic carbocycles. The summed E-state index contributed by atoms with van der Waals surface area (Å²) in [5.74, 6) is 0.615. The first-order chi connectivity index (χ1) is 11.6. The zero-order valence-corrected chi connectivity index (χ0v) is 15.1. The molecule has 0 radical (unpaired) electrons. The minimum atomic E-state index is -0.318. The largest absolute Gasteiger partial charge is 0.423 e. The Morgan fingerprint density at radius 1 is 1.04 bits per heavy atom. The Hall–Kier alpha value is -1.42. The molecule has 0 bridgehead atoms. The van der Waals surface area contributed by atoms with E-state index < -0.39 is 0 Å². The van der Waals surface area contributed by atoms with E-state index in [9.17, 15) is 4.79 Å². The monoisotopic (exact) mass is 376 g/mol. The summed E-state index contributed by atoms with van der Waals surface area (Å²) in [6.07, 6.45) is 3.31. The van der Waals surface area contributed by atoms with Gasteiger partial charge in [-0.15, -0.1) is 11.8 Å². The van der Waals surface area contributed by atoms with E-state index >= 15 is 0 Å². The van der Waals surface area contributed by atoms with E-state index in [1.165, 1.54) is 22.9 Å². The van der Waals surface area contributed by atoms with Crippen molar-refractivity contribution in [1.29, 1.82) is 0 Å². The van der Waals surface area contributed by atoms with Gasteiger partial charge in [0.25, 0.3) is 0 Å².